The lowest BCUT2D eigenvalue weighted by molar-refractivity contribution is -0.142. The van der Waals surface area contributed by atoms with Crippen LogP contribution in [0.2, 0.25) is 0 Å². The zero-order chi connectivity index (χ0) is 20.4. The molecule has 0 amide bonds. The van der Waals surface area contributed by atoms with Gasteiger partial charge >= 0.3 is 5.97 Å². The Morgan fingerprint density at radius 2 is 0.900 bits per heavy atom. The van der Waals surface area contributed by atoms with Crippen LogP contribution < -0.4 is 0 Å². The lowest BCUT2D eigenvalue weighted by Gasteiger charge is -2.32. The first-order chi connectivity index (χ1) is 14.8. The van der Waals surface area contributed by atoms with Gasteiger partial charge < -0.3 is 4.74 Å². The van der Waals surface area contributed by atoms with E-state index >= 15 is 0 Å². The molecule has 4 aromatic carbocycles. The number of carbonyl (C=O) groups is 1. The van der Waals surface area contributed by atoms with Crippen molar-refractivity contribution in [1.82, 2.24) is 0 Å². The molecule has 0 fully saturated rings. The van der Waals surface area contributed by atoms with Gasteiger partial charge in [-0.3, -0.25) is 0 Å². The van der Waals surface area contributed by atoms with Crippen LogP contribution in [0, 0.1) is 0 Å². The summed E-state index contributed by atoms with van der Waals surface area (Å²) in [5.74, 6) is -0.312. The van der Waals surface area contributed by atoms with Crippen LogP contribution in [0.4, 0.5) is 0 Å². The fourth-order valence-electron chi connectivity index (χ4n) is 4.26. The first-order valence-corrected chi connectivity index (χ1v) is 10.0. The van der Waals surface area contributed by atoms with Crippen LogP contribution in [0.5, 0.6) is 0 Å². The van der Waals surface area contributed by atoms with Gasteiger partial charge in [-0.2, -0.15) is 0 Å². The molecule has 0 aromatic heterocycles. The van der Waals surface area contributed by atoms with Crippen molar-refractivity contribution in [2.24, 2.45) is 0 Å². The maximum absolute atomic E-state index is 13.4. The van der Waals surface area contributed by atoms with Gasteiger partial charge in [-0.25, -0.2) is 4.79 Å². The molecule has 1 aliphatic rings. The number of ether oxygens (including phenoxy) is 1. The molecule has 0 N–H and O–H groups in total. The predicted octanol–water partition coefficient (Wildman–Crippen LogP) is 6.10. The average Bonchev–Trinajstić information content (AvgIpc) is 3.15. The SMILES string of the molecule is O=C1OC(c2ccccc2)(c2ccccc2)C(c2ccccc2)=C1c1ccccc1. The van der Waals surface area contributed by atoms with Gasteiger partial charge in [0.15, 0.2) is 5.60 Å². The highest BCUT2D eigenvalue weighted by Crippen LogP contribution is 2.53. The van der Waals surface area contributed by atoms with Gasteiger partial charge in [0.05, 0.1) is 5.57 Å². The van der Waals surface area contributed by atoms with Crippen LogP contribution in [0.15, 0.2) is 121 Å². The molecule has 2 heteroatoms. The van der Waals surface area contributed by atoms with Crippen molar-refractivity contribution < 1.29 is 9.53 Å². The van der Waals surface area contributed by atoms with E-state index in [0.29, 0.717) is 5.57 Å². The van der Waals surface area contributed by atoms with Crippen molar-refractivity contribution in [3.63, 3.8) is 0 Å². The number of cyclic esters (lactones) is 1. The second kappa shape index (κ2) is 7.49. The van der Waals surface area contributed by atoms with E-state index in [2.05, 4.69) is 0 Å². The summed E-state index contributed by atoms with van der Waals surface area (Å²) in [6.45, 7) is 0. The van der Waals surface area contributed by atoms with Crippen molar-refractivity contribution >= 4 is 17.1 Å². The molecule has 0 bridgehead atoms. The van der Waals surface area contributed by atoms with Gasteiger partial charge in [0.25, 0.3) is 0 Å². The minimum atomic E-state index is -1.02. The Hall–Kier alpha value is -3.91. The second-order valence-electron chi connectivity index (χ2n) is 7.28. The molecule has 0 radical (unpaired) electrons. The molecule has 5 rings (SSSR count). The molecule has 144 valence electrons. The zero-order valence-corrected chi connectivity index (χ0v) is 16.4. The van der Waals surface area contributed by atoms with Crippen molar-refractivity contribution in [3.05, 3.63) is 144 Å². The van der Waals surface area contributed by atoms with Crippen LogP contribution in [-0.4, -0.2) is 5.97 Å². The molecule has 0 saturated carbocycles. The lowest BCUT2D eigenvalue weighted by atomic mass is 9.76. The highest BCUT2D eigenvalue weighted by Gasteiger charge is 2.51. The summed E-state index contributed by atoms with van der Waals surface area (Å²) in [4.78, 5) is 13.4. The van der Waals surface area contributed by atoms with Crippen LogP contribution >= 0.6 is 0 Å². The van der Waals surface area contributed by atoms with Crippen molar-refractivity contribution in [3.8, 4) is 0 Å². The Labute approximate surface area is 176 Å². The minimum absolute atomic E-state index is 0.312. The number of hydrogen-bond donors (Lipinski definition) is 0. The third kappa shape index (κ3) is 2.85. The Balaban J connectivity index is 1.91. The maximum atomic E-state index is 13.4. The molecule has 2 nitrogen and oxygen atoms in total. The van der Waals surface area contributed by atoms with Crippen molar-refractivity contribution in [2.75, 3.05) is 0 Å². The fourth-order valence-corrected chi connectivity index (χ4v) is 4.26. The smallest absolute Gasteiger partial charge is 0.340 e. The van der Waals surface area contributed by atoms with Crippen LogP contribution in [-0.2, 0) is 15.1 Å². The van der Waals surface area contributed by atoms with Crippen molar-refractivity contribution in [1.29, 1.82) is 0 Å². The molecule has 4 aromatic rings. The first-order valence-electron chi connectivity index (χ1n) is 10.0. The Morgan fingerprint density at radius 3 is 1.37 bits per heavy atom. The van der Waals surface area contributed by atoms with Gasteiger partial charge in [0, 0.05) is 16.7 Å². The topological polar surface area (TPSA) is 26.3 Å². The number of rotatable bonds is 4. The number of esters is 1. The predicted molar refractivity (Wildman–Crippen MR) is 119 cm³/mol. The van der Waals surface area contributed by atoms with Crippen LogP contribution in [0.3, 0.4) is 0 Å². The highest BCUT2D eigenvalue weighted by molar-refractivity contribution is 6.29. The summed E-state index contributed by atoms with van der Waals surface area (Å²) < 4.78 is 6.34. The van der Waals surface area contributed by atoms with E-state index in [0.717, 1.165) is 27.8 Å². The van der Waals surface area contributed by atoms with E-state index in [-0.39, 0.29) is 5.97 Å². The molecule has 1 aliphatic heterocycles. The molecule has 0 spiro atoms. The van der Waals surface area contributed by atoms with Gasteiger partial charge in [-0.15, -0.1) is 0 Å². The van der Waals surface area contributed by atoms with Gasteiger partial charge in [0.2, 0.25) is 0 Å². The van der Waals surface area contributed by atoms with E-state index in [1.165, 1.54) is 0 Å². The standard InChI is InChI=1S/C28H20O2/c29-27-25(21-13-5-1-6-14-21)26(22-15-7-2-8-16-22)28(30-27,23-17-9-3-10-18-23)24-19-11-4-12-20-24/h1-20H. The summed E-state index contributed by atoms with van der Waals surface area (Å²) in [5, 5.41) is 0. The summed E-state index contributed by atoms with van der Waals surface area (Å²) in [6.07, 6.45) is 0. The second-order valence-corrected chi connectivity index (χ2v) is 7.28. The Kier molecular flexibility index (Phi) is 4.53. The normalized spacial score (nSPS) is 15.1. The highest BCUT2D eigenvalue weighted by atomic mass is 16.6. The van der Waals surface area contributed by atoms with E-state index < -0.39 is 5.60 Å². The molecular weight excluding hydrogens is 368 g/mol. The summed E-state index contributed by atoms with van der Waals surface area (Å²) >= 11 is 0. The maximum Gasteiger partial charge on any atom is 0.340 e. The number of carbonyl (C=O) groups excluding carboxylic acids is 1. The summed E-state index contributed by atoms with van der Waals surface area (Å²) in [5.41, 5.74) is 4.13. The van der Waals surface area contributed by atoms with E-state index in [4.69, 9.17) is 4.74 Å². The van der Waals surface area contributed by atoms with E-state index in [1.807, 2.05) is 121 Å². The summed E-state index contributed by atoms with van der Waals surface area (Å²) in [7, 11) is 0. The summed E-state index contributed by atoms with van der Waals surface area (Å²) in [6, 6.07) is 39.8. The molecule has 1 heterocycles. The molecule has 0 saturated heterocycles. The minimum Gasteiger partial charge on any atom is -0.441 e. The largest absolute Gasteiger partial charge is 0.441 e. The first kappa shape index (κ1) is 18.1. The van der Waals surface area contributed by atoms with E-state index in [9.17, 15) is 4.79 Å². The van der Waals surface area contributed by atoms with Gasteiger partial charge in [0.1, 0.15) is 0 Å². The number of hydrogen-bond acceptors (Lipinski definition) is 2. The quantitative estimate of drug-likeness (QED) is 0.395. The number of benzene rings is 4. The molecule has 30 heavy (non-hydrogen) atoms. The van der Waals surface area contributed by atoms with E-state index in [1.54, 1.807) is 0 Å². The molecule has 0 unspecified atom stereocenters. The Bertz CT molecular complexity index is 1160. The lowest BCUT2D eigenvalue weighted by Crippen LogP contribution is -2.30. The molecular formula is C28H20O2. The molecule has 0 aliphatic carbocycles. The zero-order valence-electron chi connectivity index (χ0n) is 16.4. The average molecular weight is 388 g/mol. The van der Waals surface area contributed by atoms with Crippen LogP contribution in [0.25, 0.3) is 11.1 Å². The Morgan fingerprint density at radius 1 is 0.500 bits per heavy atom. The third-order valence-corrected chi connectivity index (χ3v) is 5.54. The van der Waals surface area contributed by atoms with Gasteiger partial charge in [-0.05, 0) is 11.1 Å². The van der Waals surface area contributed by atoms with Gasteiger partial charge in [-0.1, -0.05) is 121 Å². The fraction of sp³-hybridized carbons (Fsp3) is 0.0357. The van der Waals surface area contributed by atoms with Crippen molar-refractivity contribution in [2.45, 2.75) is 5.60 Å². The molecule has 0 atom stereocenters. The monoisotopic (exact) mass is 388 g/mol. The third-order valence-electron chi connectivity index (χ3n) is 5.54. The van der Waals surface area contributed by atoms with Crippen LogP contribution in [0.1, 0.15) is 22.3 Å².